The molecule has 7 nitrogen and oxygen atoms in total. The van der Waals surface area contributed by atoms with Crippen LogP contribution in [0.25, 0.3) is 0 Å². The van der Waals surface area contributed by atoms with Gasteiger partial charge < -0.3 is 9.84 Å². The topological polar surface area (TPSA) is 101 Å². The summed E-state index contributed by atoms with van der Waals surface area (Å²) in [7, 11) is -4.15. The summed E-state index contributed by atoms with van der Waals surface area (Å²) in [4.78, 5) is 23.2. The fourth-order valence-corrected chi connectivity index (χ4v) is 3.91. The molecule has 126 valence electrons. The van der Waals surface area contributed by atoms with E-state index in [4.69, 9.17) is 9.84 Å². The minimum absolute atomic E-state index is 0.00562. The monoisotopic (exact) mass is 341 g/mol. The van der Waals surface area contributed by atoms with E-state index in [0.717, 1.165) is 6.07 Å². The number of aryl methyl sites for hydroxylation is 1. The molecule has 1 aliphatic heterocycles. The number of hydrogen-bond donors (Lipinski definition) is 1. The van der Waals surface area contributed by atoms with Gasteiger partial charge in [0.05, 0.1) is 10.5 Å². The van der Waals surface area contributed by atoms with Crippen LogP contribution in [0.15, 0.2) is 23.1 Å². The average Bonchev–Trinajstić information content (AvgIpc) is 2.53. The molecular weight excluding hydrogens is 322 g/mol. The molecule has 0 radical (unpaired) electrons. The van der Waals surface area contributed by atoms with Crippen LogP contribution in [-0.4, -0.2) is 42.0 Å². The number of ether oxygens (including phenoxy) is 1. The number of amides is 1. The Labute approximate surface area is 134 Å². The second kappa shape index (κ2) is 5.84. The maximum Gasteiger partial charge on any atom is 0.424 e. The number of nitrogens with zero attached hydrogens (tertiary/aromatic N) is 1. The molecule has 0 aliphatic carbocycles. The van der Waals surface area contributed by atoms with Crippen molar-refractivity contribution in [3.63, 3.8) is 0 Å². The summed E-state index contributed by atoms with van der Waals surface area (Å²) in [5.74, 6) is -1.23. The van der Waals surface area contributed by atoms with E-state index in [1.807, 2.05) is 0 Å². The van der Waals surface area contributed by atoms with Gasteiger partial charge in [0.2, 0.25) is 0 Å². The van der Waals surface area contributed by atoms with Crippen molar-refractivity contribution in [3.05, 3.63) is 29.3 Å². The number of carbonyl (C=O) groups excluding carboxylic acids is 1. The second-order valence-electron chi connectivity index (χ2n) is 6.29. The number of rotatable bonds is 1. The normalized spacial score (nSPS) is 17.1. The van der Waals surface area contributed by atoms with E-state index < -0.39 is 27.7 Å². The van der Waals surface area contributed by atoms with E-state index in [-0.39, 0.29) is 17.0 Å². The Morgan fingerprint density at radius 1 is 1.26 bits per heavy atom. The SMILES string of the molecule is CC(C)(C)OC(=O)N1CCCc2ccc(C(=O)O)cc2S1(=O)=O. The quantitative estimate of drug-likeness (QED) is 0.841. The summed E-state index contributed by atoms with van der Waals surface area (Å²) < 4.78 is 31.3. The third-order valence-electron chi connectivity index (χ3n) is 3.29. The van der Waals surface area contributed by atoms with Crippen LogP contribution in [0.1, 0.15) is 43.1 Å². The van der Waals surface area contributed by atoms with Gasteiger partial charge in [-0.25, -0.2) is 22.3 Å². The summed E-state index contributed by atoms with van der Waals surface area (Å²) in [5.41, 5.74) is -0.468. The lowest BCUT2D eigenvalue weighted by Crippen LogP contribution is -2.40. The van der Waals surface area contributed by atoms with E-state index in [0.29, 0.717) is 22.7 Å². The Hall–Kier alpha value is -2.09. The molecule has 1 aliphatic rings. The Kier molecular flexibility index (Phi) is 4.39. The first-order valence-corrected chi connectivity index (χ1v) is 8.58. The van der Waals surface area contributed by atoms with Crippen molar-refractivity contribution in [3.8, 4) is 0 Å². The van der Waals surface area contributed by atoms with Crippen molar-refractivity contribution in [2.75, 3.05) is 6.54 Å². The fraction of sp³-hybridized carbons (Fsp3) is 0.467. The molecule has 0 unspecified atom stereocenters. The molecule has 23 heavy (non-hydrogen) atoms. The standard InChI is InChI=1S/C15H19NO6S/c1-15(2,3)22-14(19)16-8-4-5-10-6-7-11(13(17)18)9-12(10)23(16,20)21/h6-7,9H,4-5,8H2,1-3H3,(H,17,18). The number of fused-ring (bicyclic) bond motifs is 1. The first-order chi connectivity index (χ1) is 10.5. The summed E-state index contributed by atoms with van der Waals surface area (Å²) in [6, 6.07) is 3.93. The number of carboxylic acids is 1. The van der Waals surface area contributed by atoms with Crippen molar-refractivity contribution in [2.45, 2.75) is 44.1 Å². The minimum atomic E-state index is -4.15. The van der Waals surface area contributed by atoms with Gasteiger partial charge in [-0.2, -0.15) is 0 Å². The van der Waals surface area contributed by atoms with Gasteiger partial charge in [-0.05, 0) is 51.3 Å². The van der Waals surface area contributed by atoms with Gasteiger partial charge in [-0.15, -0.1) is 0 Å². The Bertz CT molecular complexity index is 748. The number of carboxylic acid groups (broad SMARTS) is 1. The third kappa shape index (κ3) is 3.64. The van der Waals surface area contributed by atoms with Gasteiger partial charge >= 0.3 is 12.1 Å². The average molecular weight is 341 g/mol. The lowest BCUT2D eigenvalue weighted by Gasteiger charge is -2.26. The Morgan fingerprint density at radius 2 is 1.91 bits per heavy atom. The van der Waals surface area contributed by atoms with Gasteiger partial charge in [-0.1, -0.05) is 6.07 Å². The van der Waals surface area contributed by atoms with Gasteiger partial charge in [0.15, 0.2) is 0 Å². The molecule has 1 aromatic carbocycles. The maximum absolute atomic E-state index is 12.8. The van der Waals surface area contributed by atoms with Gasteiger partial charge in [0, 0.05) is 6.54 Å². The predicted molar refractivity (Wildman–Crippen MR) is 81.8 cm³/mol. The van der Waals surface area contributed by atoms with Gasteiger partial charge in [0.1, 0.15) is 5.60 Å². The molecule has 0 spiro atoms. The highest BCUT2D eigenvalue weighted by Crippen LogP contribution is 2.28. The zero-order valence-corrected chi connectivity index (χ0v) is 14.0. The first-order valence-electron chi connectivity index (χ1n) is 7.14. The molecule has 8 heteroatoms. The molecule has 1 amide bonds. The molecule has 0 bridgehead atoms. The summed E-state index contributed by atoms with van der Waals surface area (Å²) in [6.45, 7) is 4.93. The number of hydrogen-bond acceptors (Lipinski definition) is 5. The maximum atomic E-state index is 12.8. The van der Waals surface area contributed by atoms with Crippen LogP contribution in [0.4, 0.5) is 4.79 Å². The van der Waals surface area contributed by atoms with Crippen molar-refractivity contribution >= 4 is 22.1 Å². The molecule has 0 aromatic heterocycles. The molecule has 0 saturated heterocycles. The van der Waals surface area contributed by atoms with Crippen molar-refractivity contribution in [1.82, 2.24) is 4.31 Å². The minimum Gasteiger partial charge on any atom is -0.478 e. The number of carbonyl (C=O) groups is 2. The lowest BCUT2D eigenvalue weighted by atomic mass is 10.1. The van der Waals surface area contributed by atoms with Gasteiger partial charge in [0.25, 0.3) is 10.0 Å². The highest BCUT2D eigenvalue weighted by molar-refractivity contribution is 7.89. The first kappa shape index (κ1) is 17.3. The number of aromatic carboxylic acids is 1. The van der Waals surface area contributed by atoms with Gasteiger partial charge in [-0.3, -0.25) is 0 Å². The summed E-state index contributed by atoms with van der Waals surface area (Å²) in [6.07, 6.45) is -0.0721. The van der Waals surface area contributed by atoms with Crippen LogP contribution in [0.2, 0.25) is 0 Å². The number of sulfonamides is 1. The molecule has 0 fully saturated rings. The molecule has 1 heterocycles. The number of benzene rings is 1. The molecule has 0 saturated carbocycles. The third-order valence-corrected chi connectivity index (χ3v) is 5.13. The van der Waals surface area contributed by atoms with Crippen LogP contribution in [0.5, 0.6) is 0 Å². The highest BCUT2D eigenvalue weighted by atomic mass is 32.2. The van der Waals surface area contributed by atoms with Crippen molar-refractivity contribution in [2.24, 2.45) is 0 Å². The highest BCUT2D eigenvalue weighted by Gasteiger charge is 2.36. The fourth-order valence-electron chi connectivity index (χ4n) is 2.29. The molecule has 1 N–H and O–H groups in total. The smallest absolute Gasteiger partial charge is 0.424 e. The molecule has 2 rings (SSSR count). The summed E-state index contributed by atoms with van der Waals surface area (Å²) in [5, 5.41) is 9.05. The largest absolute Gasteiger partial charge is 0.478 e. The zero-order valence-electron chi connectivity index (χ0n) is 13.2. The van der Waals surface area contributed by atoms with Crippen molar-refractivity contribution in [1.29, 1.82) is 0 Å². The van der Waals surface area contributed by atoms with Crippen LogP contribution in [-0.2, 0) is 21.2 Å². The van der Waals surface area contributed by atoms with Crippen LogP contribution in [0, 0.1) is 0 Å². The van der Waals surface area contributed by atoms with Crippen LogP contribution in [0.3, 0.4) is 0 Å². The van der Waals surface area contributed by atoms with E-state index >= 15 is 0 Å². The molecular formula is C15H19NO6S. The van der Waals surface area contributed by atoms with Crippen LogP contribution < -0.4 is 0 Å². The van der Waals surface area contributed by atoms with Crippen LogP contribution >= 0.6 is 0 Å². The zero-order chi connectivity index (χ0) is 17.4. The molecule has 1 aromatic rings. The summed E-state index contributed by atoms with van der Waals surface area (Å²) >= 11 is 0. The van der Waals surface area contributed by atoms with E-state index in [2.05, 4.69) is 0 Å². The Morgan fingerprint density at radius 3 is 2.48 bits per heavy atom. The molecule has 0 atom stereocenters. The van der Waals surface area contributed by atoms with Crippen molar-refractivity contribution < 1.29 is 27.9 Å². The lowest BCUT2D eigenvalue weighted by molar-refractivity contribution is 0.0391. The van der Waals surface area contributed by atoms with E-state index in [9.17, 15) is 18.0 Å². The Balaban J connectivity index is 2.49. The van der Waals surface area contributed by atoms with E-state index in [1.54, 1.807) is 20.8 Å². The second-order valence-corrected chi connectivity index (χ2v) is 8.12. The van der Waals surface area contributed by atoms with E-state index in [1.165, 1.54) is 12.1 Å². The predicted octanol–water partition coefficient (Wildman–Crippen LogP) is 2.26.